The fourth-order valence-electron chi connectivity index (χ4n) is 3.29. The highest BCUT2D eigenvalue weighted by molar-refractivity contribution is 5.04. The molecule has 20 heavy (non-hydrogen) atoms. The van der Waals surface area contributed by atoms with Crippen LogP contribution in [-0.4, -0.2) is 18.6 Å². The number of rotatable bonds is 5. The molecule has 1 aliphatic carbocycles. The topological polar surface area (TPSA) is 38.1 Å². The first kappa shape index (κ1) is 15.6. The number of aryl methyl sites for hydroxylation is 1. The van der Waals surface area contributed by atoms with Crippen LogP contribution >= 0.6 is 0 Å². The van der Waals surface area contributed by atoms with Crippen molar-refractivity contribution in [3.8, 4) is 0 Å². The Morgan fingerprint density at radius 1 is 1.25 bits per heavy atom. The van der Waals surface area contributed by atoms with Gasteiger partial charge in [0.25, 0.3) is 0 Å². The first-order valence-electron chi connectivity index (χ1n) is 8.10. The van der Waals surface area contributed by atoms with Crippen LogP contribution < -0.4 is 5.32 Å². The second kappa shape index (κ2) is 6.75. The Morgan fingerprint density at radius 2 is 1.95 bits per heavy atom. The molecule has 0 radical (unpaired) electrons. The lowest BCUT2D eigenvalue weighted by Gasteiger charge is -2.36. The van der Waals surface area contributed by atoms with E-state index >= 15 is 0 Å². The number of hydrogen-bond acceptors (Lipinski definition) is 3. The van der Waals surface area contributed by atoms with Gasteiger partial charge in [-0.25, -0.2) is 4.98 Å². The minimum absolute atomic E-state index is 0.449. The number of nitrogens with one attached hydrogen (secondary N) is 1. The van der Waals surface area contributed by atoms with Crippen LogP contribution in [0.3, 0.4) is 0 Å². The molecule has 3 nitrogen and oxygen atoms in total. The molecule has 1 heterocycles. The molecule has 1 aromatic rings. The molecule has 0 aliphatic heterocycles. The summed E-state index contributed by atoms with van der Waals surface area (Å²) in [5, 5.41) is 3.16. The fourth-order valence-corrected chi connectivity index (χ4v) is 3.29. The van der Waals surface area contributed by atoms with Crippen molar-refractivity contribution in [1.82, 2.24) is 10.3 Å². The Hall–Kier alpha value is -0.830. The lowest BCUT2D eigenvalue weighted by atomic mass is 9.69. The molecule has 0 bridgehead atoms. The SMILES string of the molecule is CNCCCc1ncc(C2CCC(C(C)(C)C)CC2)o1. The number of hydrogen-bond donors (Lipinski definition) is 1. The smallest absolute Gasteiger partial charge is 0.194 e. The van der Waals surface area contributed by atoms with Crippen LogP contribution in [0.5, 0.6) is 0 Å². The first-order chi connectivity index (χ1) is 9.50. The fraction of sp³-hybridized carbons (Fsp3) is 0.824. The molecule has 0 unspecified atom stereocenters. The van der Waals surface area contributed by atoms with E-state index in [1.807, 2.05) is 13.2 Å². The van der Waals surface area contributed by atoms with Gasteiger partial charge in [-0.05, 0) is 57.0 Å². The van der Waals surface area contributed by atoms with Crippen LogP contribution in [0.25, 0.3) is 0 Å². The molecule has 2 rings (SSSR count). The summed E-state index contributed by atoms with van der Waals surface area (Å²) in [5.74, 6) is 3.49. The van der Waals surface area contributed by atoms with E-state index in [0.717, 1.165) is 37.0 Å². The standard InChI is InChI=1S/C17H30N2O/c1-17(2,3)14-9-7-13(8-10-14)15-12-19-16(20-15)6-5-11-18-4/h12-14,18H,5-11H2,1-4H3. The minimum Gasteiger partial charge on any atom is -0.445 e. The van der Waals surface area contributed by atoms with Crippen molar-refractivity contribution < 1.29 is 4.42 Å². The summed E-state index contributed by atoms with van der Waals surface area (Å²) in [6.45, 7) is 8.12. The third-order valence-electron chi connectivity index (χ3n) is 4.74. The van der Waals surface area contributed by atoms with Crippen molar-refractivity contribution in [1.29, 1.82) is 0 Å². The van der Waals surface area contributed by atoms with Crippen LogP contribution in [0.1, 0.15) is 70.4 Å². The van der Waals surface area contributed by atoms with Crippen molar-refractivity contribution in [3.63, 3.8) is 0 Å². The Labute approximate surface area is 123 Å². The molecule has 0 spiro atoms. The highest BCUT2D eigenvalue weighted by atomic mass is 16.4. The third kappa shape index (κ3) is 4.08. The Balaban J connectivity index is 1.84. The molecule has 0 saturated heterocycles. The van der Waals surface area contributed by atoms with E-state index in [1.54, 1.807) is 0 Å². The molecule has 114 valence electrons. The van der Waals surface area contributed by atoms with Gasteiger partial charge in [0.2, 0.25) is 0 Å². The van der Waals surface area contributed by atoms with Gasteiger partial charge in [-0.3, -0.25) is 0 Å². The Kier molecular flexibility index (Phi) is 5.25. The van der Waals surface area contributed by atoms with Gasteiger partial charge in [0.1, 0.15) is 5.76 Å². The third-order valence-corrected chi connectivity index (χ3v) is 4.74. The maximum atomic E-state index is 5.95. The summed E-state index contributed by atoms with van der Waals surface area (Å²) in [6, 6.07) is 0. The highest BCUT2D eigenvalue weighted by Gasteiger charge is 2.31. The minimum atomic E-state index is 0.449. The van der Waals surface area contributed by atoms with Crippen molar-refractivity contribution in [2.45, 2.75) is 65.2 Å². The first-order valence-corrected chi connectivity index (χ1v) is 8.10. The number of nitrogens with zero attached hydrogens (tertiary/aromatic N) is 1. The molecular formula is C17H30N2O. The molecule has 3 heteroatoms. The van der Waals surface area contributed by atoms with Crippen molar-refractivity contribution in [2.24, 2.45) is 11.3 Å². The summed E-state index contributed by atoms with van der Waals surface area (Å²) in [7, 11) is 1.98. The van der Waals surface area contributed by atoms with Gasteiger partial charge in [-0.15, -0.1) is 0 Å². The van der Waals surface area contributed by atoms with E-state index in [-0.39, 0.29) is 0 Å². The zero-order chi connectivity index (χ0) is 14.6. The number of oxazole rings is 1. The number of aromatic nitrogens is 1. The van der Waals surface area contributed by atoms with Crippen LogP contribution in [0.15, 0.2) is 10.6 Å². The van der Waals surface area contributed by atoms with Crippen molar-refractivity contribution in [2.75, 3.05) is 13.6 Å². The van der Waals surface area contributed by atoms with Gasteiger partial charge < -0.3 is 9.73 Å². The average molecular weight is 278 g/mol. The van der Waals surface area contributed by atoms with E-state index in [0.29, 0.717) is 11.3 Å². The molecular weight excluding hydrogens is 248 g/mol. The molecule has 1 N–H and O–H groups in total. The zero-order valence-corrected chi connectivity index (χ0v) is 13.5. The van der Waals surface area contributed by atoms with E-state index in [1.165, 1.54) is 25.7 Å². The summed E-state index contributed by atoms with van der Waals surface area (Å²) in [5.41, 5.74) is 0.449. The Bertz CT molecular complexity index is 397. The molecule has 1 fully saturated rings. The lowest BCUT2D eigenvalue weighted by Crippen LogP contribution is -2.25. The average Bonchev–Trinajstić information content (AvgIpc) is 2.87. The zero-order valence-electron chi connectivity index (χ0n) is 13.5. The van der Waals surface area contributed by atoms with Gasteiger partial charge in [0.15, 0.2) is 5.89 Å². The maximum absolute atomic E-state index is 5.95. The monoisotopic (exact) mass is 278 g/mol. The molecule has 0 amide bonds. The predicted molar refractivity (Wildman–Crippen MR) is 82.9 cm³/mol. The maximum Gasteiger partial charge on any atom is 0.194 e. The molecule has 0 atom stereocenters. The van der Waals surface area contributed by atoms with Gasteiger partial charge >= 0.3 is 0 Å². The van der Waals surface area contributed by atoms with Gasteiger partial charge in [-0.1, -0.05) is 20.8 Å². The lowest BCUT2D eigenvalue weighted by molar-refractivity contribution is 0.163. The van der Waals surface area contributed by atoms with Crippen LogP contribution in [0.2, 0.25) is 0 Å². The summed E-state index contributed by atoms with van der Waals surface area (Å²) in [4.78, 5) is 4.44. The normalized spacial score (nSPS) is 24.0. The van der Waals surface area contributed by atoms with Gasteiger partial charge in [-0.2, -0.15) is 0 Å². The van der Waals surface area contributed by atoms with Gasteiger partial charge in [0, 0.05) is 12.3 Å². The molecule has 1 aliphatic rings. The quantitative estimate of drug-likeness (QED) is 0.822. The predicted octanol–water partition coefficient (Wildman–Crippen LogP) is 4.15. The van der Waals surface area contributed by atoms with Gasteiger partial charge in [0.05, 0.1) is 6.20 Å². The van der Waals surface area contributed by atoms with Crippen LogP contribution in [-0.2, 0) is 6.42 Å². The summed E-state index contributed by atoms with van der Waals surface area (Å²) >= 11 is 0. The second-order valence-electron chi connectivity index (χ2n) is 7.28. The molecule has 1 aromatic heterocycles. The van der Waals surface area contributed by atoms with E-state index in [9.17, 15) is 0 Å². The Morgan fingerprint density at radius 3 is 2.55 bits per heavy atom. The molecule has 1 saturated carbocycles. The van der Waals surface area contributed by atoms with Crippen LogP contribution in [0, 0.1) is 11.3 Å². The highest BCUT2D eigenvalue weighted by Crippen LogP contribution is 2.43. The van der Waals surface area contributed by atoms with Crippen molar-refractivity contribution in [3.05, 3.63) is 17.8 Å². The second-order valence-corrected chi connectivity index (χ2v) is 7.28. The largest absolute Gasteiger partial charge is 0.445 e. The van der Waals surface area contributed by atoms with Crippen molar-refractivity contribution >= 4 is 0 Å². The van der Waals surface area contributed by atoms with Crippen LogP contribution in [0.4, 0.5) is 0 Å². The summed E-state index contributed by atoms with van der Waals surface area (Å²) in [6.07, 6.45) is 9.16. The van der Waals surface area contributed by atoms with E-state index in [2.05, 4.69) is 31.1 Å². The molecule has 0 aromatic carbocycles. The van der Waals surface area contributed by atoms with E-state index < -0.39 is 0 Å². The van der Waals surface area contributed by atoms with E-state index in [4.69, 9.17) is 4.42 Å². The summed E-state index contributed by atoms with van der Waals surface area (Å²) < 4.78 is 5.95.